The van der Waals surface area contributed by atoms with Gasteiger partial charge in [0.25, 0.3) is 0 Å². The molecule has 0 amide bonds. The van der Waals surface area contributed by atoms with Crippen LogP contribution >= 0.6 is 0 Å². The van der Waals surface area contributed by atoms with Crippen molar-refractivity contribution in [3.05, 3.63) is 29.5 Å². The van der Waals surface area contributed by atoms with Crippen molar-refractivity contribution < 1.29 is 23.5 Å². The number of rotatable bonds is 2. The van der Waals surface area contributed by atoms with Gasteiger partial charge in [0, 0.05) is 6.07 Å². The van der Waals surface area contributed by atoms with Gasteiger partial charge in [-0.05, 0) is 13.0 Å². The minimum Gasteiger partial charge on any atom is -0.495 e. The molecule has 0 bridgehead atoms. The summed E-state index contributed by atoms with van der Waals surface area (Å²) in [5, 5.41) is 14.1. The second kappa shape index (κ2) is 4.48. The van der Waals surface area contributed by atoms with Crippen LogP contribution in [0.2, 0.25) is 0 Å². The van der Waals surface area contributed by atoms with Gasteiger partial charge in [-0.2, -0.15) is 0 Å². The third-order valence-electron chi connectivity index (χ3n) is 3.15. The Morgan fingerprint density at radius 1 is 1.15 bits per heavy atom. The van der Waals surface area contributed by atoms with Crippen molar-refractivity contribution in [2.45, 2.75) is 6.92 Å². The zero-order valence-corrected chi connectivity index (χ0v) is 11.3. The number of nitrogens with zero attached hydrogens (tertiary/aromatic N) is 1. The maximum absolute atomic E-state index is 9.23. The van der Waals surface area contributed by atoms with Crippen LogP contribution in [0.5, 0.6) is 11.5 Å². The average molecular weight is 275 g/mol. The number of fused-ring (bicyclic) bond motifs is 2. The van der Waals surface area contributed by atoms with Gasteiger partial charge < -0.3 is 23.5 Å². The Morgan fingerprint density at radius 2 is 1.90 bits per heavy atom. The third kappa shape index (κ3) is 1.54. The van der Waals surface area contributed by atoms with Crippen LogP contribution in [-0.4, -0.2) is 19.4 Å². The normalized spacial score (nSPS) is 12.2. The van der Waals surface area contributed by atoms with E-state index in [1.807, 2.05) is 0 Å². The quantitative estimate of drug-likeness (QED) is 0.574. The highest BCUT2D eigenvalue weighted by molar-refractivity contribution is 6.06. The molecule has 0 unspecified atom stereocenters. The summed E-state index contributed by atoms with van der Waals surface area (Å²) < 4.78 is 22.0. The van der Waals surface area contributed by atoms with Gasteiger partial charge in [0.2, 0.25) is 5.75 Å². The number of hydrogen-bond donors (Lipinski definition) is 1. The molecular formula is C14H13NO5. The summed E-state index contributed by atoms with van der Waals surface area (Å²) >= 11 is 0. The third-order valence-corrected chi connectivity index (χ3v) is 3.15. The first kappa shape index (κ1) is 12.4. The lowest BCUT2D eigenvalue weighted by Gasteiger charge is -2.11. The summed E-state index contributed by atoms with van der Waals surface area (Å²) in [7, 11) is 3.06. The van der Waals surface area contributed by atoms with Gasteiger partial charge in [-0.1, -0.05) is 5.16 Å². The SMILES string of the molecule is COc1c2occc2c(OC)c2/c(=N/O)cc(C)oc12. The van der Waals surface area contributed by atoms with Crippen LogP contribution in [0, 0.1) is 6.92 Å². The van der Waals surface area contributed by atoms with E-state index in [2.05, 4.69) is 5.16 Å². The Morgan fingerprint density at radius 3 is 2.55 bits per heavy atom. The number of aryl methyl sites for hydroxylation is 1. The molecule has 6 nitrogen and oxygen atoms in total. The van der Waals surface area contributed by atoms with Gasteiger partial charge in [-0.25, -0.2) is 0 Å². The zero-order valence-electron chi connectivity index (χ0n) is 11.3. The lowest BCUT2D eigenvalue weighted by Crippen LogP contribution is -2.06. The van der Waals surface area contributed by atoms with Crippen LogP contribution in [0.3, 0.4) is 0 Å². The Kier molecular flexibility index (Phi) is 2.78. The molecule has 0 fully saturated rings. The monoisotopic (exact) mass is 275 g/mol. The molecule has 0 aliphatic carbocycles. The molecule has 20 heavy (non-hydrogen) atoms. The molecule has 1 aromatic carbocycles. The van der Waals surface area contributed by atoms with Gasteiger partial charge in [0.15, 0.2) is 11.2 Å². The predicted octanol–water partition coefficient (Wildman–Crippen LogP) is 2.79. The Labute approximate surface area is 113 Å². The summed E-state index contributed by atoms with van der Waals surface area (Å²) in [4.78, 5) is 0. The van der Waals surface area contributed by atoms with Gasteiger partial charge in [0.1, 0.15) is 16.9 Å². The number of methoxy groups -OCH3 is 2. The fourth-order valence-electron chi connectivity index (χ4n) is 2.38. The van der Waals surface area contributed by atoms with Crippen LogP contribution in [0.4, 0.5) is 0 Å². The average Bonchev–Trinajstić information content (AvgIpc) is 2.92. The van der Waals surface area contributed by atoms with E-state index < -0.39 is 0 Å². The molecule has 0 saturated carbocycles. The van der Waals surface area contributed by atoms with Crippen molar-refractivity contribution in [3.63, 3.8) is 0 Å². The minimum absolute atomic E-state index is 0.349. The standard InChI is InChI=1S/C14H13NO5/c1-7-6-9(15-16)10-11(17-2)8-4-5-19-12(8)14(18-3)13(10)20-7/h4-6,16H,1-3H3/b15-9+. The van der Waals surface area contributed by atoms with Gasteiger partial charge in [-0.3, -0.25) is 0 Å². The number of benzene rings is 1. The minimum atomic E-state index is 0.349. The van der Waals surface area contributed by atoms with Crippen LogP contribution in [0.15, 0.2) is 32.4 Å². The molecule has 1 N–H and O–H groups in total. The molecule has 6 heteroatoms. The van der Waals surface area contributed by atoms with E-state index in [0.717, 1.165) is 5.39 Å². The van der Waals surface area contributed by atoms with Crippen LogP contribution in [0.1, 0.15) is 5.76 Å². The van der Waals surface area contributed by atoms with Crippen molar-refractivity contribution in [2.75, 3.05) is 14.2 Å². The maximum Gasteiger partial charge on any atom is 0.206 e. The number of ether oxygens (including phenoxy) is 2. The van der Waals surface area contributed by atoms with E-state index in [1.165, 1.54) is 20.5 Å². The molecule has 104 valence electrons. The number of hydrogen-bond acceptors (Lipinski definition) is 6. The van der Waals surface area contributed by atoms with Gasteiger partial charge >= 0.3 is 0 Å². The molecule has 2 aromatic heterocycles. The highest BCUT2D eigenvalue weighted by Crippen LogP contribution is 2.41. The van der Waals surface area contributed by atoms with E-state index >= 15 is 0 Å². The zero-order chi connectivity index (χ0) is 14.3. The molecule has 0 saturated heterocycles. The molecule has 0 spiro atoms. The molecule has 0 atom stereocenters. The molecule has 0 radical (unpaired) electrons. The highest BCUT2D eigenvalue weighted by atomic mass is 16.5. The second-order valence-electron chi connectivity index (χ2n) is 4.28. The Hall–Kier alpha value is -2.63. The summed E-state index contributed by atoms with van der Waals surface area (Å²) in [6, 6.07) is 3.38. The molecule has 2 heterocycles. The van der Waals surface area contributed by atoms with Crippen molar-refractivity contribution >= 4 is 21.9 Å². The first-order chi connectivity index (χ1) is 9.71. The fourth-order valence-corrected chi connectivity index (χ4v) is 2.38. The first-order valence-corrected chi connectivity index (χ1v) is 5.95. The maximum atomic E-state index is 9.23. The largest absolute Gasteiger partial charge is 0.495 e. The topological polar surface area (TPSA) is 77.3 Å². The fraction of sp³-hybridized carbons (Fsp3) is 0.214. The van der Waals surface area contributed by atoms with Crippen molar-refractivity contribution in [3.8, 4) is 11.5 Å². The molecule has 0 aliphatic heterocycles. The predicted molar refractivity (Wildman–Crippen MR) is 71.2 cm³/mol. The highest BCUT2D eigenvalue weighted by Gasteiger charge is 2.21. The lowest BCUT2D eigenvalue weighted by atomic mass is 10.1. The second-order valence-corrected chi connectivity index (χ2v) is 4.28. The molecule has 0 aliphatic rings. The van der Waals surface area contributed by atoms with E-state index in [4.69, 9.17) is 18.3 Å². The first-order valence-electron chi connectivity index (χ1n) is 5.95. The van der Waals surface area contributed by atoms with Gasteiger partial charge in [-0.15, -0.1) is 0 Å². The summed E-state index contributed by atoms with van der Waals surface area (Å²) in [6.45, 7) is 1.76. The van der Waals surface area contributed by atoms with Crippen LogP contribution in [-0.2, 0) is 0 Å². The van der Waals surface area contributed by atoms with E-state index in [9.17, 15) is 5.21 Å². The van der Waals surface area contributed by atoms with Crippen molar-refractivity contribution in [1.82, 2.24) is 0 Å². The smallest absolute Gasteiger partial charge is 0.206 e. The summed E-state index contributed by atoms with van der Waals surface area (Å²) in [5.41, 5.74) is 0.940. The Bertz CT molecular complexity index is 859. The van der Waals surface area contributed by atoms with E-state index in [-0.39, 0.29) is 0 Å². The van der Waals surface area contributed by atoms with Crippen molar-refractivity contribution in [1.29, 1.82) is 0 Å². The summed E-state index contributed by atoms with van der Waals surface area (Å²) in [5.74, 6) is 1.53. The van der Waals surface area contributed by atoms with Crippen LogP contribution in [0.25, 0.3) is 21.9 Å². The van der Waals surface area contributed by atoms with Crippen molar-refractivity contribution in [2.24, 2.45) is 5.16 Å². The van der Waals surface area contributed by atoms with Gasteiger partial charge in [0.05, 0.1) is 31.3 Å². The van der Waals surface area contributed by atoms with E-state index in [1.54, 1.807) is 19.1 Å². The molecule has 3 rings (SSSR count). The molecule has 3 aromatic rings. The van der Waals surface area contributed by atoms with E-state index in [0.29, 0.717) is 39.2 Å². The summed E-state index contributed by atoms with van der Waals surface area (Å²) in [6.07, 6.45) is 1.54. The lowest BCUT2D eigenvalue weighted by molar-refractivity contribution is 0.301. The molecular weight excluding hydrogens is 262 g/mol. The number of furan rings is 1. The van der Waals surface area contributed by atoms with Crippen LogP contribution < -0.4 is 14.8 Å². The Balaban J connectivity index is 2.70.